The Bertz CT molecular complexity index is 1110. The lowest BCUT2D eigenvalue weighted by molar-refractivity contribution is 0.0954. The predicted molar refractivity (Wildman–Crippen MR) is 98.2 cm³/mol. The molecular formula is C18H14N4O3S. The smallest absolute Gasteiger partial charge is 0.408 e. The first-order valence-electron chi connectivity index (χ1n) is 7.95. The number of hydrogen-bond donors (Lipinski definition) is 2. The molecule has 0 bridgehead atoms. The van der Waals surface area contributed by atoms with Crippen LogP contribution in [0.1, 0.15) is 15.4 Å². The first-order chi connectivity index (χ1) is 12.7. The largest absolute Gasteiger partial charge is 0.417 e. The molecule has 0 aliphatic rings. The molecule has 0 unspecified atom stereocenters. The summed E-state index contributed by atoms with van der Waals surface area (Å²) in [5, 5.41) is 5.72. The number of amides is 1. The number of carbonyl (C=O) groups excluding carboxylic acids is 1. The number of aromatic nitrogens is 3. The van der Waals surface area contributed by atoms with Gasteiger partial charge in [-0.3, -0.25) is 14.8 Å². The molecule has 0 saturated heterocycles. The molecule has 8 heteroatoms. The molecule has 1 amide bonds. The first kappa shape index (κ1) is 16.2. The van der Waals surface area contributed by atoms with Crippen LogP contribution in [0.5, 0.6) is 0 Å². The van der Waals surface area contributed by atoms with Crippen molar-refractivity contribution < 1.29 is 9.21 Å². The van der Waals surface area contributed by atoms with Gasteiger partial charge >= 0.3 is 5.76 Å². The third-order valence-electron chi connectivity index (χ3n) is 3.82. The molecule has 0 radical (unpaired) electrons. The van der Waals surface area contributed by atoms with E-state index in [1.165, 1.54) is 17.5 Å². The van der Waals surface area contributed by atoms with E-state index < -0.39 is 5.76 Å². The van der Waals surface area contributed by atoms with Crippen LogP contribution >= 0.6 is 11.3 Å². The molecule has 7 nitrogen and oxygen atoms in total. The van der Waals surface area contributed by atoms with E-state index in [4.69, 9.17) is 4.42 Å². The molecular weight excluding hydrogens is 352 g/mol. The van der Waals surface area contributed by atoms with Crippen LogP contribution in [0.2, 0.25) is 0 Å². The monoisotopic (exact) mass is 366 g/mol. The van der Waals surface area contributed by atoms with Gasteiger partial charge in [-0.15, -0.1) is 11.3 Å². The minimum absolute atomic E-state index is 0.150. The number of nitrogens with zero attached hydrogens (tertiary/aromatic N) is 2. The zero-order valence-corrected chi connectivity index (χ0v) is 14.4. The van der Waals surface area contributed by atoms with E-state index in [1.54, 1.807) is 30.5 Å². The second kappa shape index (κ2) is 6.93. The summed E-state index contributed by atoms with van der Waals surface area (Å²) in [7, 11) is 0. The molecule has 0 atom stereocenters. The summed E-state index contributed by atoms with van der Waals surface area (Å²) in [5.41, 5.74) is 3.39. The van der Waals surface area contributed by atoms with Crippen molar-refractivity contribution >= 4 is 28.3 Å². The summed E-state index contributed by atoms with van der Waals surface area (Å²) in [5.74, 6) is -0.622. The lowest BCUT2D eigenvalue weighted by atomic mass is 10.1. The average molecular weight is 366 g/mol. The van der Waals surface area contributed by atoms with Crippen LogP contribution in [0.15, 0.2) is 57.3 Å². The van der Waals surface area contributed by atoms with Gasteiger partial charge in [-0.2, -0.15) is 0 Å². The Morgan fingerprint density at radius 1 is 1.31 bits per heavy atom. The van der Waals surface area contributed by atoms with Crippen molar-refractivity contribution in [2.75, 3.05) is 6.54 Å². The van der Waals surface area contributed by atoms with Gasteiger partial charge in [0.1, 0.15) is 0 Å². The third-order valence-corrected chi connectivity index (χ3v) is 4.73. The number of carbonyl (C=O) groups is 1. The van der Waals surface area contributed by atoms with Crippen LogP contribution < -0.4 is 11.1 Å². The third kappa shape index (κ3) is 3.40. The van der Waals surface area contributed by atoms with Crippen LogP contribution in [0.4, 0.5) is 0 Å². The van der Waals surface area contributed by atoms with Crippen molar-refractivity contribution in [3.63, 3.8) is 0 Å². The van der Waals surface area contributed by atoms with E-state index in [-0.39, 0.29) is 5.91 Å². The van der Waals surface area contributed by atoms with Gasteiger partial charge in [0.25, 0.3) is 5.91 Å². The quantitative estimate of drug-likeness (QED) is 0.565. The summed E-state index contributed by atoms with van der Waals surface area (Å²) >= 11 is 1.53. The molecule has 0 aliphatic carbocycles. The molecule has 2 N–H and O–H groups in total. The van der Waals surface area contributed by atoms with Gasteiger partial charge in [0.2, 0.25) is 0 Å². The first-order valence-corrected chi connectivity index (χ1v) is 8.83. The number of benzene rings is 1. The fourth-order valence-corrected chi connectivity index (χ4v) is 3.35. The number of fused-ring (bicyclic) bond motifs is 1. The summed E-state index contributed by atoms with van der Waals surface area (Å²) in [6.07, 6.45) is 3.80. The summed E-state index contributed by atoms with van der Waals surface area (Å²) in [4.78, 5) is 34.4. The molecule has 0 aliphatic heterocycles. The Hall–Kier alpha value is -3.26. The van der Waals surface area contributed by atoms with Gasteiger partial charge in [0.15, 0.2) is 5.58 Å². The van der Waals surface area contributed by atoms with Crippen LogP contribution in [-0.4, -0.2) is 27.4 Å². The summed E-state index contributed by atoms with van der Waals surface area (Å²) < 4.78 is 5.08. The molecule has 0 saturated carbocycles. The standard InChI is InChI=1S/C18H14N4O3S/c23-17(12-2-1-6-19-9-12)20-7-5-16-21-14(10-26-16)11-3-4-13-15(8-11)25-18(24)22-13/h1-4,6,8-10H,5,7H2,(H,20,23)(H,22,24). The molecule has 0 fully saturated rings. The number of hydrogen-bond acceptors (Lipinski definition) is 6. The Morgan fingerprint density at radius 3 is 3.08 bits per heavy atom. The average Bonchev–Trinajstić information content (AvgIpc) is 3.27. The molecule has 3 aromatic heterocycles. The Labute approximate surface area is 151 Å². The maximum Gasteiger partial charge on any atom is 0.417 e. The Balaban J connectivity index is 1.41. The summed E-state index contributed by atoms with van der Waals surface area (Å²) in [6.45, 7) is 0.492. The molecule has 4 rings (SSSR count). The molecule has 1 aromatic carbocycles. The maximum absolute atomic E-state index is 12.0. The van der Waals surface area contributed by atoms with Crippen molar-refractivity contribution in [3.05, 3.63) is 69.2 Å². The topological polar surface area (TPSA) is 101 Å². The highest BCUT2D eigenvalue weighted by atomic mass is 32.1. The fraction of sp³-hybridized carbons (Fsp3) is 0.111. The molecule has 3 heterocycles. The Morgan fingerprint density at radius 2 is 2.23 bits per heavy atom. The highest BCUT2D eigenvalue weighted by molar-refractivity contribution is 7.09. The van der Waals surface area contributed by atoms with Crippen molar-refractivity contribution in [3.8, 4) is 11.3 Å². The number of H-pyrrole nitrogens is 1. The second-order valence-corrected chi connectivity index (χ2v) is 6.54. The number of thiazole rings is 1. The molecule has 26 heavy (non-hydrogen) atoms. The molecule has 130 valence electrons. The van der Waals surface area contributed by atoms with E-state index in [0.29, 0.717) is 29.6 Å². The van der Waals surface area contributed by atoms with Crippen molar-refractivity contribution in [2.24, 2.45) is 0 Å². The lowest BCUT2D eigenvalue weighted by Gasteiger charge is -2.03. The van der Waals surface area contributed by atoms with Crippen LogP contribution in [0.3, 0.4) is 0 Å². The maximum atomic E-state index is 12.0. The van der Waals surface area contributed by atoms with E-state index in [2.05, 4.69) is 20.3 Å². The van der Waals surface area contributed by atoms with E-state index in [0.717, 1.165) is 16.3 Å². The zero-order valence-electron chi connectivity index (χ0n) is 13.6. The lowest BCUT2D eigenvalue weighted by Crippen LogP contribution is -2.25. The van der Waals surface area contributed by atoms with E-state index in [9.17, 15) is 9.59 Å². The normalized spacial score (nSPS) is 10.9. The Kier molecular flexibility index (Phi) is 4.32. The number of aromatic amines is 1. The van der Waals surface area contributed by atoms with E-state index >= 15 is 0 Å². The van der Waals surface area contributed by atoms with Gasteiger partial charge in [0, 0.05) is 36.3 Å². The predicted octanol–water partition coefficient (Wildman–Crippen LogP) is 2.61. The van der Waals surface area contributed by atoms with Gasteiger partial charge in [-0.1, -0.05) is 6.07 Å². The fourth-order valence-electron chi connectivity index (χ4n) is 2.55. The number of oxazole rings is 1. The van der Waals surface area contributed by atoms with Gasteiger partial charge in [0.05, 0.1) is 21.8 Å². The van der Waals surface area contributed by atoms with Gasteiger partial charge in [-0.25, -0.2) is 9.78 Å². The molecule has 4 aromatic rings. The van der Waals surface area contributed by atoms with Crippen LogP contribution in [0, 0.1) is 0 Å². The van der Waals surface area contributed by atoms with Gasteiger partial charge < -0.3 is 9.73 Å². The highest BCUT2D eigenvalue weighted by Gasteiger charge is 2.09. The van der Waals surface area contributed by atoms with Crippen molar-refractivity contribution in [1.82, 2.24) is 20.3 Å². The zero-order chi connectivity index (χ0) is 17.9. The van der Waals surface area contributed by atoms with Crippen molar-refractivity contribution in [1.29, 1.82) is 0 Å². The number of rotatable bonds is 5. The number of pyridine rings is 1. The van der Waals surface area contributed by atoms with Gasteiger partial charge in [-0.05, 0) is 24.3 Å². The molecule has 0 spiro atoms. The summed E-state index contributed by atoms with van der Waals surface area (Å²) in [6, 6.07) is 8.92. The minimum Gasteiger partial charge on any atom is -0.408 e. The highest BCUT2D eigenvalue weighted by Crippen LogP contribution is 2.25. The number of nitrogens with one attached hydrogen (secondary N) is 2. The minimum atomic E-state index is -0.472. The SMILES string of the molecule is O=C(NCCc1nc(-c2ccc3[nH]c(=O)oc3c2)cs1)c1cccnc1. The van der Waals surface area contributed by atoms with Crippen LogP contribution in [0.25, 0.3) is 22.4 Å². The second-order valence-electron chi connectivity index (χ2n) is 5.60. The van der Waals surface area contributed by atoms with Crippen LogP contribution in [-0.2, 0) is 6.42 Å². The van der Waals surface area contributed by atoms with E-state index in [1.807, 2.05) is 11.4 Å². The van der Waals surface area contributed by atoms with Crippen molar-refractivity contribution in [2.45, 2.75) is 6.42 Å².